The van der Waals surface area contributed by atoms with Crippen molar-refractivity contribution in [1.29, 1.82) is 0 Å². The molecule has 2 aromatic rings. The monoisotopic (exact) mass is 384 g/mol. The average Bonchev–Trinajstić information content (AvgIpc) is 3.24. The molecule has 1 fully saturated rings. The number of imide groups is 1. The van der Waals surface area contributed by atoms with E-state index in [-0.39, 0.29) is 18.5 Å². The van der Waals surface area contributed by atoms with Gasteiger partial charge in [0, 0.05) is 11.0 Å². The number of benzene rings is 1. The summed E-state index contributed by atoms with van der Waals surface area (Å²) < 4.78 is 8.33. The summed E-state index contributed by atoms with van der Waals surface area (Å²) in [6.45, 7) is 6.23. The van der Waals surface area contributed by atoms with Crippen molar-refractivity contribution < 1.29 is 14.1 Å². The topological polar surface area (TPSA) is 78.7 Å². The van der Waals surface area contributed by atoms with Gasteiger partial charge >= 0.3 is 6.03 Å². The first-order chi connectivity index (χ1) is 13.0. The molecule has 2 aliphatic rings. The van der Waals surface area contributed by atoms with E-state index in [1.807, 2.05) is 50.4 Å². The molecule has 1 aromatic carbocycles. The molecule has 4 rings (SSSR count). The van der Waals surface area contributed by atoms with Gasteiger partial charge in [-0.2, -0.15) is 0 Å². The molecule has 2 aliphatic heterocycles. The predicted octanol–water partition coefficient (Wildman–Crippen LogP) is 3.03. The minimum absolute atomic E-state index is 0.229. The number of urea groups is 1. The van der Waals surface area contributed by atoms with Crippen LogP contribution >= 0.6 is 11.9 Å². The lowest BCUT2D eigenvalue weighted by Crippen LogP contribution is -2.58. The Morgan fingerprint density at radius 3 is 2.70 bits per heavy atom. The van der Waals surface area contributed by atoms with Crippen LogP contribution < -0.4 is 4.72 Å². The minimum Gasteiger partial charge on any atom is -0.361 e. The maximum Gasteiger partial charge on any atom is 0.331 e. The van der Waals surface area contributed by atoms with Crippen LogP contribution in [-0.2, 0) is 17.9 Å². The van der Waals surface area contributed by atoms with Gasteiger partial charge in [-0.25, -0.2) is 9.52 Å². The zero-order valence-electron chi connectivity index (χ0n) is 15.4. The number of carbonyl (C=O) groups is 2. The van der Waals surface area contributed by atoms with Crippen LogP contribution in [0.15, 0.2) is 39.9 Å². The Kier molecular flexibility index (Phi) is 4.53. The Balaban J connectivity index is 1.66. The lowest BCUT2D eigenvalue weighted by atomic mass is 10.1. The fourth-order valence-electron chi connectivity index (χ4n) is 3.38. The van der Waals surface area contributed by atoms with Crippen LogP contribution in [0.25, 0.3) is 0 Å². The molecular formula is C19H20N4O3S. The number of rotatable bonds is 4. The molecule has 0 aliphatic carbocycles. The zero-order valence-corrected chi connectivity index (χ0v) is 16.2. The number of amides is 3. The van der Waals surface area contributed by atoms with Gasteiger partial charge in [0.25, 0.3) is 5.91 Å². The highest BCUT2D eigenvalue weighted by molar-refractivity contribution is 8.00. The normalized spacial score (nSPS) is 19.5. The lowest BCUT2D eigenvalue weighted by Gasteiger charge is -2.38. The summed E-state index contributed by atoms with van der Waals surface area (Å²) in [5, 5.41) is 5.79. The van der Waals surface area contributed by atoms with E-state index in [4.69, 9.17) is 4.52 Å². The molecule has 0 spiro atoms. The number of hydrogen-bond donors (Lipinski definition) is 1. The van der Waals surface area contributed by atoms with Crippen LogP contribution in [-0.4, -0.2) is 32.9 Å². The Labute approximate surface area is 161 Å². The first-order valence-electron chi connectivity index (χ1n) is 8.67. The van der Waals surface area contributed by atoms with Crippen LogP contribution in [0, 0.1) is 20.8 Å². The fourth-order valence-corrected chi connectivity index (χ4v) is 4.19. The predicted molar refractivity (Wildman–Crippen MR) is 101 cm³/mol. The third-order valence-electron chi connectivity index (χ3n) is 4.87. The number of aromatic nitrogens is 1. The summed E-state index contributed by atoms with van der Waals surface area (Å²) >= 11 is 1.33. The standard InChI is InChI=1S/C19H20N4O3S/c1-11-5-4-6-14(7-11)8-23-18(24)17-16(10-27-21-17)22(19(23)25)9-15-12(2)20-26-13(15)3/h4-7,10,17,21H,8-9H2,1-3H3. The van der Waals surface area contributed by atoms with Gasteiger partial charge in [0.1, 0.15) is 11.8 Å². The highest BCUT2D eigenvalue weighted by Gasteiger charge is 2.45. The van der Waals surface area contributed by atoms with Crippen LogP contribution in [0.2, 0.25) is 0 Å². The SMILES string of the molecule is Cc1cccc(CN2C(=O)C3NSC=C3N(Cc3c(C)noc3C)C2=O)c1. The van der Waals surface area contributed by atoms with Crippen LogP contribution in [0.4, 0.5) is 4.79 Å². The molecule has 8 heteroatoms. The summed E-state index contributed by atoms with van der Waals surface area (Å²) in [5.41, 5.74) is 4.30. The number of fused-ring (bicyclic) bond motifs is 1. The first-order valence-corrected chi connectivity index (χ1v) is 9.55. The molecule has 1 unspecified atom stereocenters. The molecule has 27 heavy (non-hydrogen) atoms. The van der Waals surface area contributed by atoms with E-state index >= 15 is 0 Å². The molecule has 1 saturated heterocycles. The van der Waals surface area contributed by atoms with E-state index in [2.05, 4.69) is 9.88 Å². The molecule has 1 atom stereocenters. The fraction of sp³-hybridized carbons (Fsp3) is 0.316. The first kappa shape index (κ1) is 17.8. The van der Waals surface area contributed by atoms with Crippen LogP contribution in [0.3, 0.4) is 0 Å². The average molecular weight is 384 g/mol. The van der Waals surface area contributed by atoms with Gasteiger partial charge in [0.2, 0.25) is 0 Å². The maximum atomic E-state index is 13.2. The molecule has 0 bridgehead atoms. The van der Waals surface area contributed by atoms with E-state index in [9.17, 15) is 9.59 Å². The summed E-state index contributed by atoms with van der Waals surface area (Å²) in [7, 11) is 0. The van der Waals surface area contributed by atoms with Crippen molar-refractivity contribution >= 4 is 23.9 Å². The molecule has 1 N–H and O–H groups in total. The van der Waals surface area contributed by atoms with Gasteiger partial charge in [0.15, 0.2) is 0 Å². The van der Waals surface area contributed by atoms with E-state index in [1.165, 1.54) is 16.8 Å². The van der Waals surface area contributed by atoms with Crippen molar-refractivity contribution in [2.45, 2.75) is 39.9 Å². The molecule has 0 saturated carbocycles. The Morgan fingerprint density at radius 2 is 2.00 bits per heavy atom. The van der Waals surface area contributed by atoms with Crippen LogP contribution in [0.1, 0.15) is 28.1 Å². The highest BCUT2D eigenvalue weighted by Crippen LogP contribution is 2.32. The quantitative estimate of drug-likeness (QED) is 0.817. The molecule has 3 heterocycles. The minimum atomic E-state index is -0.530. The molecule has 1 aromatic heterocycles. The van der Waals surface area contributed by atoms with Gasteiger partial charge < -0.3 is 4.52 Å². The molecule has 140 valence electrons. The van der Waals surface area contributed by atoms with Crippen molar-refractivity contribution in [2.75, 3.05) is 0 Å². The summed E-state index contributed by atoms with van der Waals surface area (Å²) in [6.07, 6.45) is 0. The molecule has 0 radical (unpaired) electrons. The Morgan fingerprint density at radius 1 is 1.19 bits per heavy atom. The number of aryl methyl sites for hydroxylation is 3. The second-order valence-corrected chi connectivity index (χ2v) is 7.50. The Bertz CT molecular complexity index is 933. The zero-order chi connectivity index (χ0) is 19.1. The second kappa shape index (κ2) is 6.86. The van der Waals surface area contributed by atoms with Crippen LogP contribution in [0.5, 0.6) is 0 Å². The summed E-state index contributed by atoms with van der Waals surface area (Å²) in [5.74, 6) is 0.450. The van der Waals surface area contributed by atoms with Gasteiger partial charge in [-0.3, -0.25) is 14.6 Å². The lowest BCUT2D eigenvalue weighted by molar-refractivity contribution is -0.132. The van der Waals surface area contributed by atoms with Crippen molar-refractivity contribution in [2.24, 2.45) is 0 Å². The smallest absolute Gasteiger partial charge is 0.331 e. The van der Waals surface area contributed by atoms with Crippen molar-refractivity contribution in [3.8, 4) is 0 Å². The maximum absolute atomic E-state index is 13.2. The second-order valence-electron chi connectivity index (χ2n) is 6.80. The summed E-state index contributed by atoms with van der Waals surface area (Å²) in [6, 6.07) is 6.98. The van der Waals surface area contributed by atoms with Gasteiger partial charge in [-0.05, 0) is 26.3 Å². The van der Waals surface area contributed by atoms with Crippen molar-refractivity contribution in [3.63, 3.8) is 0 Å². The van der Waals surface area contributed by atoms with Gasteiger partial charge in [-0.1, -0.05) is 46.9 Å². The number of carbonyl (C=O) groups excluding carboxylic acids is 2. The van der Waals surface area contributed by atoms with E-state index < -0.39 is 6.04 Å². The third kappa shape index (κ3) is 3.15. The number of nitrogens with one attached hydrogen (secondary N) is 1. The van der Waals surface area contributed by atoms with Gasteiger partial charge in [0.05, 0.1) is 24.5 Å². The third-order valence-corrected chi connectivity index (χ3v) is 5.60. The largest absolute Gasteiger partial charge is 0.361 e. The van der Waals surface area contributed by atoms with Crippen molar-refractivity contribution in [1.82, 2.24) is 19.7 Å². The highest BCUT2D eigenvalue weighted by atomic mass is 32.2. The molecule has 3 amide bonds. The molecular weight excluding hydrogens is 364 g/mol. The number of hydrogen-bond acceptors (Lipinski definition) is 6. The van der Waals surface area contributed by atoms with Crippen molar-refractivity contribution in [3.05, 3.63) is 63.5 Å². The number of nitrogens with zero attached hydrogens (tertiary/aromatic N) is 3. The molecule has 7 nitrogen and oxygen atoms in total. The van der Waals surface area contributed by atoms with Gasteiger partial charge in [-0.15, -0.1) is 0 Å². The van der Waals surface area contributed by atoms with E-state index in [0.717, 1.165) is 22.4 Å². The van der Waals surface area contributed by atoms with E-state index in [0.29, 0.717) is 18.0 Å². The summed E-state index contributed by atoms with van der Waals surface area (Å²) in [4.78, 5) is 29.1. The van der Waals surface area contributed by atoms with E-state index in [1.54, 1.807) is 4.90 Å². The Hall–Kier alpha value is -2.58.